The standard InChI is InChI=1S/C13H20N4O3/c1-3-14-11-7-10(17(18)19)8-12(15-11)16-13(2)5-4-6-20-9-13/h7-8H,3-6,9H2,1-2H3,(H2,14,15,16). The van der Waals surface area contributed by atoms with E-state index in [0.29, 0.717) is 24.8 Å². The normalized spacial score (nSPS) is 22.3. The quantitative estimate of drug-likeness (QED) is 0.636. The van der Waals surface area contributed by atoms with Crippen molar-refractivity contribution in [1.82, 2.24) is 4.98 Å². The summed E-state index contributed by atoms with van der Waals surface area (Å²) in [6.07, 6.45) is 1.92. The van der Waals surface area contributed by atoms with Gasteiger partial charge in [-0.2, -0.15) is 0 Å². The minimum Gasteiger partial charge on any atom is -0.379 e. The molecule has 1 unspecified atom stereocenters. The molecule has 1 atom stereocenters. The van der Waals surface area contributed by atoms with Gasteiger partial charge in [-0.05, 0) is 26.7 Å². The number of ether oxygens (including phenoxy) is 1. The highest BCUT2D eigenvalue weighted by molar-refractivity contribution is 5.55. The Bertz CT molecular complexity index is 487. The Morgan fingerprint density at radius 2 is 2.25 bits per heavy atom. The second kappa shape index (κ2) is 6.04. The molecule has 0 amide bonds. The van der Waals surface area contributed by atoms with Crippen molar-refractivity contribution in [2.75, 3.05) is 30.4 Å². The van der Waals surface area contributed by atoms with E-state index in [2.05, 4.69) is 15.6 Å². The van der Waals surface area contributed by atoms with Crippen molar-refractivity contribution in [2.24, 2.45) is 0 Å². The summed E-state index contributed by atoms with van der Waals surface area (Å²) < 4.78 is 5.47. The first-order valence-electron chi connectivity index (χ1n) is 6.79. The van der Waals surface area contributed by atoms with Crippen molar-refractivity contribution in [3.8, 4) is 0 Å². The van der Waals surface area contributed by atoms with E-state index in [1.54, 1.807) is 0 Å². The molecule has 1 fully saturated rings. The van der Waals surface area contributed by atoms with Gasteiger partial charge in [0.1, 0.15) is 11.6 Å². The van der Waals surface area contributed by atoms with Crippen molar-refractivity contribution in [1.29, 1.82) is 0 Å². The molecule has 1 aromatic heterocycles. The van der Waals surface area contributed by atoms with Crippen LogP contribution in [0.4, 0.5) is 17.3 Å². The van der Waals surface area contributed by atoms with Crippen LogP contribution in [-0.4, -0.2) is 35.2 Å². The predicted octanol–water partition coefficient (Wildman–Crippen LogP) is 2.40. The number of nitrogens with zero attached hydrogens (tertiary/aromatic N) is 2. The summed E-state index contributed by atoms with van der Waals surface area (Å²) in [7, 11) is 0. The number of nitrogens with one attached hydrogen (secondary N) is 2. The lowest BCUT2D eigenvalue weighted by Gasteiger charge is -2.34. The zero-order valence-electron chi connectivity index (χ0n) is 11.8. The molecule has 1 saturated heterocycles. The third-order valence-electron chi connectivity index (χ3n) is 3.25. The van der Waals surface area contributed by atoms with Gasteiger partial charge in [0, 0.05) is 13.2 Å². The summed E-state index contributed by atoms with van der Waals surface area (Å²) in [6, 6.07) is 2.90. The zero-order valence-corrected chi connectivity index (χ0v) is 11.8. The third-order valence-corrected chi connectivity index (χ3v) is 3.25. The fourth-order valence-electron chi connectivity index (χ4n) is 2.30. The summed E-state index contributed by atoms with van der Waals surface area (Å²) in [5.41, 5.74) is -0.206. The smallest absolute Gasteiger partial charge is 0.276 e. The van der Waals surface area contributed by atoms with Crippen molar-refractivity contribution in [3.63, 3.8) is 0 Å². The molecule has 1 aliphatic rings. The number of rotatable bonds is 5. The Balaban J connectivity index is 2.23. The first kappa shape index (κ1) is 14.5. The first-order chi connectivity index (χ1) is 9.52. The first-order valence-corrected chi connectivity index (χ1v) is 6.79. The molecule has 2 rings (SSSR count). The topological polar surface area (TPSA) is 89.3 Å². The number of pyridine rings is 1. The minimum atomic E-state index is -0.409. The van der Waals surface area contributed by atoms with Crippen LogP contribution in [-0.2, 0) is 4.74 Å². The zero-order chi connectivity index (χ0) is 14.6. The molecule has 20 heavy (non-hydrogen) atoms. The molecular weight excluding hydrogens is 260 g/mol. The summed E-state index contributed by atoms with van der Waals surface area (Å²) in [4.78, 5) is 14.9. The monoisotopic (exact) mass is 280 g/mol. The molecule has 0 spiro atoms. The van der Waals surface area contributed by atoms with Crippen LogP contribution in [0.25, 0.3) is 0 Å². The molecule has 1 aliphatic heterocycles. The Kier molecular flexibility index (Phi) is 4.39. The van der Waals surface area contributed by atoms with Gasteiger partial charge in [0.25, 0.3) is 5.69 Å². The van der Waals surface area contributed by atoms with E-state index < -0.39 is 4.92 Å². The lowest BCUT2D eigenvalue weighted by atomic mass is 9.95. The maximum Gasteiger partial charge on any atom is 0.276 e. The number of nitro groups is 1. The Morgan fingerprint density at radius 3 is 2.85 bits per heavy atom. The van der Waals surface area contributed by atoms with Crippen LogP contribution < -0.4 is 10.6 Å². The summed E-state index contributed by atoms with van der Waals surface area (Å²) >= 11 is 0. The fourth-order valence-corrected chi connectivity index (χ4v) is 2.30. The molecule has 7 heteroatoms. The van der Waals surface area contributed by atoms with Gasteiger partial charge in [0.05, 0.1) is 29.2 Å². The molecule has 0 aliphatic carbocycles. The van der Waals surface area contributed by atoms with Crippen LogP contribution in [0.2, 0.25) is 0 Å². The molecule has 0 bridgehead atoms. The molecule has 2 N–H and O–H groups in total. The Labute approximate surface area is 117 Å². The SMILES string of the molecule is CCNc1cc([N+](=O)[O-])cc(NC2(C)CCCOC2)n1. The van der Waals surface area contributed by atoms with Gasteiger partial charge >= 0.3 is 0 Å². The highest BCUT2D eigenvalue weighted by atomic mass is 16.6. The second-order valence-electron chi connectivity index (χ2n) is 5.23. The van der Waals surface area contributed by atoms with Crippen LogP contribution >= 0.6 is 0 Å². The summed E-state index contributed by atoms with van der Waals surface area (Å²) in [5, 5.41) is 17.3. The predicted molar refractivity (Wildman–Crippen MR) is 77.1 cm³/mol. The van der Waals surface area contributed by atoms with Crippen LogP contribution in [0.1, 0.15) is 26.7 Å². The van der Waals surface area contributed by atoms with Crippen LogP contribution in [0.15, 0.2) is 12.1 Å². The summed E-state index contributed by atoms with van der Waals surface area (Å²) in [6.45, 7) is 5.97. The van der Waals surface area contributed by atoms with Gasteiger partial charge in [-0.1, -0.05) is 0 Å². The van der Waals surface area contributed by atoms with Gasteiger partial charge in [-0.25, -0.2) is 4.98 Å². The molecule has 2 heterocycles. The van der Waals surface area contributed by atoms with E-state index in [4.69, 9.17) is 4.74 Å². The van der Waals surface area contributed by atoms with Crippen LogP contribution in [0.5, 0.6) is 0 Å². The van der Waals surface area contributed by atoms with Gasteiger partial charge in [-0.3, -0.25) is 10.1 Å². The lowest BCUT2D eigenvalue weighted by Crippen LogP contribution is -2.43. The lowest BCUT2D eigenvalue weighted by molar-refractivity contribution is -0.384. The maximum atomic E-state index is 11.0. The number of aromatic nitrogens is 1. The Morgan fingerprint density at radius 1 is 1.50 bits per heavy atom. The van der Waals surface area contributed by atoms with Crippen molar-refractivity contribution in [2.45, 2.75) is 32.2 Å². The minimum absolute atomic E-state index is 0.0266. The molecular formula is C13H20N4O3. The van der Waals surface area contributed by atoms with E-state index >= 15 is 0 Å². The summed E-state index contributed by atoms with van der Waals surface area (Å²) in [5.74, 6) is 1.01. The van der Waals surface area contributed by atoms with E-state index in [1.165, 1.54) is 12.1 Å². The highest BCUT2D eigenvalue weighted by Crippen LogP contribution is 2.26. The second-order valence-corrected chi connectivity index (χ2v) is 5.23. The number of hydrogen-bond acceptors (Lipinski definition) is 6. The van der Waals surface area contributed by atoms with E-state index in [9.17, 15) is 10.1 Å². The van der Waals surface area contributed by atoms with Crippen LogP contribution in [0, 0.1) is 10.1 Å². The number of anilines is 2. The van der Waals surface area contributed by atoms with E-state index in [-0.39, 0.29) is 11.2 Å². The van der Waals surface area contributed by atoms with Crippen molar-refractivity contribution < 1.29 is 9.66 Å². The van der Waals surface area contributed by atoms with E-state index in [0.717, 1.165) is 19.4 Å². The van der Waals surface area contributed by atoms with Gasteiger partial charge in [0.15, 0.2) is 0 Å². The van der Waals surface area contributed by atoms with Gasteiger partial charge in [0.2, 0.25) is 0 Å². The third kappa shape index (κ3) is 3.57. The Hall–Kier alpha value is -1.89. The fraction of sp³-hybridized carbons (Fsp3) is 0.615. The molecule has 1 aromatic rings. The van der Waals surface area contributed by atoms with E-state index in [1.807, 2.05) is 13.8 Å². The van der Waals surface area contributed by atoms with Gasteiger partial charge in [-0.15, -0.1) is 0 Å². The molecule has 0 radical (unpaired) electrons. The highest BCUT2D eigenvalue weighted by Gasteiger charge is 2.28. The molecule has 0 aromatic carbocycles. The molecule has 7 nitrogen and oxygen atoms in total. The maximum absolute atomic E-state index is 11.0. The average molecular weight is 280 g/mol. The van der Waals surface area contributed by atoms with Gasteiger partial charge < -0.3 is 15.4 Å². The average Bonchev–Trinajstić information content (AvgIpc) is 2.39. The van der Waals surface area contributed by atoms with Crippen molar-refractivity contribution in [3.05, 3.63) is 22.2 Å². The number of hydrogen-bond donors (Lipinski definition) is 2. The van der Waals surface area contributed by atoms with Crippen molar-refractivity contribution >= 4 is 17.3 Å². The molecule has 110 valence electrons. The van der Waals surface area contributed by atoms with Crippen LogP contribution in [0.3, 0.4) is 0 Å². The molecule has 0 saturated carbocycles. The largest absolute Gasteiger partial charge is 0.379 e.